The highest BCUT2D eigenvalue weighted by Gasteiger charge is 2.25. The van der Waals surface area contributed by atoms with Gasteiger partial charge in [-0.25, -0.2) is 4.79 Å². The van der Waals surface area contributed by atoms with Crippen LogP contribution in [0.3, 0.4) is 0 Å². The summed E-state index contributed by atoms with van der Waals surface area (Å²) in [5.41, 5.74) is 0. The number of carbonyl (C=O) groups is 2. The van der Waals surface area contributed by atoms with Gasteiger partial charge >= 0.3 is 18.2 Å². The zero-order chi connectivity index (χ0) is 8.27. The van der Waals surface area contributed by atoms with E-state index in [1.165, 1.54) is 12.5 Å². The van der Waals surface area contributed by atoms with Crippen molar-refractivity contribution in [3.05, 3.63) is 12.5 Å². The van der Waals surface area contributed by atoms with Crippen molar-refractivity contribution in [1.29, 1.82) is 0 Å². The minimum atomic E-state index is -1.13. The lowest BCUT2D eigenvalue weighted by Gasteiger charge is -2.06. The first kappa shape index (κ1) is 7.59. The Balaban J connectivity index is 2.36. The monoisotopic (exact) mass is 158 g/mol. The fourth-order valence-corrected chi connectivity index (χ4v) is 0.540. The lowest BCUT2D eigenvalue weighted by atomic mass is 10.6. The van der Waals surface area contributed by atoms with Crippen LogP contribution in [-0.2, 0) is 23.8 Å². The molecule has 1 aliphatic rings. The van der Waals surface area contributed by atoms with Gasteiger partial charge < -0.3 is 14.2 Å². The Bertz CT molecular complexity index is 199. The van der Waals surface area contributed by atoms with Crippen LogP contribution in [0.4, 0.5) is 0 Å². The minimum Gasteiger partial charge on any atom is -0.450 e. The van der Waals surface area contributed by atoms with Crippen molar-refractivity contribution in [2.75, 3.05) is 0 Å². The van der Waals surface area contributed by atoms with Gasteiger partial charge in [0, 0.05) is 6.92 Å². The normalized spacial score (nSPS) is 15.4. The zero-order valence-electron chi connectivity index (χ0n) is 5.77. The Labute approximate surface area is 62.5 Å². The highest BCUT2D eigenvalue weighted by atomic mass is 16.7. The third-order valence-electron chi connectivity index (χ3n) is 0.897. The number of hydrogen-bond donors (Lipinski definition) is 0. The fourth-order valence-electron chi connectivity index (χ4n) is 0.540. The molecule has 0 amide bonds. The molecule has 0 saturated heterocycles. The van der Waals surface area contributed by atoms with Crippen LogP contribution in [0.1, 0.15) is 6.92 Å². The molecule has 1 heterocycles. The molecule has 0 bridgehead atoms. The Kier molecular flexibility index (Phi) is 2.10. The maximum Gasteiger partial charge on any atom is 0.397 e. The van der Waals surface area contributed by atoms with E-state index < -0.39 is 18.2 Å². The van der Waals surface area contributed by atoms with Crippen molar-refractivity contribution >= 4 is 11.9 Å². The smallest absolute Gasteiger partial charge is 0.397 e. The van der Waals surface area contributed by atoms with E-state index in [4.69, 9.17) is 0 Å². The molecule has 0 aromatic heterocycles. The van der Waals surface area contributed by atoms with E-state index in [0.717, 1.165) is 6.92 Å². The van der Waals surface area contributed by atoms with Gasteiger partial charge in [0.05, 0.1) is 0 Å². The van der Waals surface area contributed by atoms with Gasteiger partial charge in [0.25, 0.3) is 0 Å². The standard InChI is InChI=1S/C6H6O5/c1-4(7)11-5(8)6-9-2-3-10-6/h2-3,6H,1H3. The highest BCUT2D eigenvalue weighted by molar-refractivity contribution is 5.86. The first-order valence-electron chi connectivity index (χ1n) is 2.88. The number of ether oxygens (including phenoxy) is 3. The van der Waals surface area contributed by atoms with Gasteiger partial charge in [-0.05, 0) is 0 Å². The van der Waals surface area contributed by atoms with Gasteiger partial charge in [0.15, 0.2) is 0 Å². The van der Waals surface area contributed by atoms with Crippen molar-refractivity contribution in [3.8, 4) is 0 Å². The highest BCUT2D eigenvalue weighted by Crippen LogP contribution is 2.06. The molecular formula is C6H6O5. The first-order valence-corrected chi connectivity index (χ1v) is 2.88. The molecule has 0 spiro atoms. The second kappa shape index (κ2) is 3.05. The second-order valence-corrected chi connectivity index (χ2v) is 1.79. The van der Waals surface area contributed by atoms with Crippen molar-refractivity contribution in [1.82, 2.24) is 0 Å². The summed E-state index contributed by atoms with van der Waals surface area (Å²) in [5.74, 6) is -1.53. The van der Waals surface area contributed by atoms with Gasteiger partial charge in [0.2, 0.25) is 0 Å². The maximum atomic E-state index is 10.7. The predicted octanol–water partition coefficient (Wildman–Crippen LogP) is -0.0798. The van der Waals surface area contributed by atoms with Gasteiger partial charge in [-0.3, -0.25) is 4.79 Å². The van der Waals surface area contributed by atoms with Gasteiger partial charge in [-0.15, -0.1) is 0 Å². The lowest BCUT2D eigenvalue weighted by molar-refractivity contribution is -0.175. The number of hydrogen-bond acceptors (Lipinski definition) is 5. The summed E-state index contributed by atoms with van der Waals surface area (Å²) < 4.78 is 13.3. The van der Waals surface area contributed by atoms with Gasteiger partial charge in [-0.2, -0.15) is 0 Å². The van der Waals surface area contributed by atoms with Crippen molar-refractivity contribution in [2.24, 2.45) is 0 Å². The zero-order valence-corrected chi connectivity index (χ0v) is 5.77. The Morgan fingerprint density at radius 2 is 1.91 bits per heavy atom. The molecule has 0 atom stereocenters. The molecule has 0 unspecified atom stereocenters. The number of carbonyl (C=O) groups excluding carboxylic acids is 2. The van der Waals surface area contributed by atoms with Crippen LogP contribution in [0.25, 0.3) is 0 Å². The maximum absolute atomic E-state index is 10.7. The van der Waals surface area contributed by atoms with E-state index in [9.17, 15) is 9.59 Å². The van der Waals surface area contributed by atoms with Gasteiger partial charge in [0.1, 0.15) is 12.5 Å². The van der Waals surface area contributed by atoms with Crippen LogP contribution in [0.15, 0.2) is 12.5 Å². The molecule has 60 valence electrons. The number of esters is 2. The molecule has 1 aliphatic heterocycles. The van der Waals surface area contributed by atoms with E-state index >= 15 is 0 Å². The fraction of sp³-hybridized carbons (Fsp3) is 0.333. The molecule has 5 nitrogen and oxygen atoms in total. The van der Waals surface area contributed by atoms with E-state index in [0.29, 0.717) is 0 Å². The molecule has 0 radical (unpaired) electrons. The van der Waals surface area contributed by atoms with E-state index in [2.05, 4.69) is 14.2 Å². The summed E-state index contributed by atoms with van der Waals surface area (Å²) >= 11 is 0. The Hall–Kier alpha value is -1.52. The molecular weight excluding hydrogens is 152 g/mol. The lowest BCUT2D eigenvalue weighted by Crippen LogP contribution is -2.25. The Morgan fingerprint density at radius 1 is 1.36 bits per heavy atom. The Morgan fingerprint density at radius 3 is 2.36 bits per heavy atom. The summed E-state index contributed by atoms with van der Waals surface area (Å²) in [4.78, 5) is 21.0. The molecule has 0 aromatic carbocycles. The van der Waals surface area contributed by atoms with Crippen LogP contribution in [0.5, 0.6) is 0 Å². The van der Waals surface area contributed by atoms with E-state index in [1.807, 2.05) is 0 Å². The van der Waals surface area contributed by atoms with Crippen LogP contribution >= 0.6 is 0 Å². The van der Waals surface area contributed by atoms with E-state index in [-0.39, 0.29) is 0 Å². The molecule has 1 rings (SSSR count). The second-order valence-electron chi connectivity index (χ2n) is 1.79. The quantitative estimate of drug-likeness (QED) is 0.394. The largest absolute Gasteiger partial charge is 0.450 e. The summed E-state index contributed by atoms with van der Waals surface area (Å²) in [6, 6.07) is 0. The molecule has 11 heavy (non-hydrogen) atoms. The molecule has 5 heteroatoms. The average molecular weight is 158 g/mol. The van der Waals surface area contributed by atoms with Crippen LogP contribution in [0.2, 0.25) is 0 Å². The molecule has 0 aliphatic carbocycles. The van der Waals surface area contributed by atoms with Crippen LogP contribution in [0, 0.1) is 0 Å². The first-order chi connectivity index (χ1) is 5.20. The summed E-state index contributed by atoms with van der Waals surface area (Å²) in [6.45, 7) is 1.13. The van der Waals surface area contributed by atoms with Crippen molar-refractivity contribution in [2.45, 2.75) is 13.2 Å². The predicted molar refractivity (Wildman–Crippen MR) is 31.9 cm³/mol. The molecule has 0 fully saturated rings. The average Bonchev–Trinajstić information content (AvgIpc) is 2.35. The topological polar surface area (TPSA) is 61.8 Å². The van der Waals surface area contributed by atoms with Gasteiger partial charge in [-0.1, -0.05) is 0 Å². The summed E-state index contributed by atoms with van der Waals surface area (Å²) in [7, 11) is 0. The molecule has 0 N–H and O–H groups in total. The van der Waals surface area contributed by atoms with Crippen LogP contribution < -0.4 is 0 Å². The van der Waals surface area contributed by atoms with Crippen molar-refractivity contribution < 1.29 is 23.8 Å². The third-order valence-corrected chi connectivity index (χ3v) is 0.897. The number of rotatable bonds is 1. The minimum absolute atomic E-state index is 0.686. The summed E-state index contributed by atoms with van der Waals surface area (Å²) in [5, 5.41) is 0. The molecule has 0 aromatic rings. The van der Waals surface area contributed by atoms with Crippen molar-refractivity contribution in [3.63, 3.8) is 0 Å². The molecule has 0 saturated carbocycles. The van der Waals surface area contributed by atoms with Crippen LogP contribution in [-0.4, -0.2) is 18.2 Å². The van der Waals surface area contributed by atoms with E-state index in [1.54, 1.807) is 0 Å². The SMILES string of the molecule is CC(=O)OC(=O)C1OC=CO1. The third kappa shape index (κ3) is 1.96. The summed E-state index contributed by atoms with van der Waals surface area (Å²) in [6.07, 6.45) is 1.27.